The van der Waals surface area contributed by atoms with Crippen LogP contribution >= 0.6 is 0 Å². The molecule has 1 amide bonds. The summed E-state index contributed by atoms with van der Waals surface area (Å²) in [6.07, 6.45) is 0.667. The normalized spacial score (nSPS) is 16.4. The van der Waals surface area contributed by atoms with Crippen molar-refractivity contribution in [2.75, 3.05) is 6.54 Å². The summed E-state index contributed by atoms with van der Waals surface area (Å²) in [5, 5.41) is 16.9. The van der Waals surface area contributed by atoms with Gasteiger partial charge in [-0.05, 0) is 6.42 Å². The van der Waals surface area contributed by atoms with E-state index in [1.54, 1.807) is 0 Å². The molecule has 0 aromatic heterocycles. The molecule has 11 heavy (non-hydrogen) atoms. The third-order valence-electron chi connectivity index (χ3n) is 1.43. The van der Waals surface area contributed by atoms with E-state index in [-0.39, 0.29) is 12.2 Å². The number of hydrogen-bond donors (Lipinski definition) is 2. The lowest BCUT2D eigenvalue weighted by atomic mass is 10.4. The van der Waals surface area contributed by atoms with Gasteiger partial charge in [0.15, 0.2) is 0 Å². The molecular weight excluding hydrogens is 150 g/mol. The van der Waals surface area contributed by atoms with Gasteiger partial charge in [-0.1, -0.05) is 6.08 Å². The SMILES string of the molecule is O=C(O)C1=CCCN1C(=O)O. The number of carboxylic acids is 1. The van der Waals surface area contributed by atoms with Crippen LogP contribution in [0.1, 0.15) is 6.42 Å². The second-order valence-electron chi connectivity index (χ2n) is 2.12. The lowest BCUT2D eigenvalue weighted by Gasteiger charge is -2.11. The second-order valence-corrected chi connectivity index (χ2v) is 2.12. The molecule has 1 aliphatic heterocycles. The maximum atomic E-state index is 10.3. The van der Waals surface area contributed by atoms with E-state index in [9.17, 15) is 9.59 Å². The van der Waals surface area contributed by atoms with Crippen LogP contribution in [0.3, 0.4) is 0 Å². The highest BCUT2D eigenvalue weighted by molar-refractivity contribution is 5.91. The monoisotopic (exact) mass is 157 g/mol. The molecule has 5 nitrogen and oxygen atoms in total. The minimum Gasteiger partial charge on any atom is -0.477 e. The Morgan fingerprint density at radius 2 is 2.09 bits per heavy atom. The zero-order valence-corrected chi connectivity index (χ0v) is 5.65. The van der Waals surface area contributed by atoms with Crippen molar-refractivity contribution in [2.45, 2.75) is 6.42 Å². The van der Waals surface area contributed by atoms with Crippen molar-refractivity contribution >= 4 is 12.1 Å². The molecule has 0 aliphatic carbocycles. The summed E-state index contributed by atoms with van der Waals surface area (Å²) >= 11 is 0. The van der Waals surface area contributed by atoms with Crippen LogP contribution in [-0.2, 0) is 4.79 Å². The topological polar surface area (TPSA) is 77.8 Å². The molecule has 0 radical (unpaired) electrons. The van der Waals surface area contributed by atoms with E-state index >= 15 is 0 Å². The fraction of sp³-hybridized carbons (Fsp3) is 0.333. The number of carboxylic acid groups (broad SMARTS) is 2. The van der Waals surface area contributed by atoms with Gasteiger partial charge in [-0.3, -0.25) is 4.90 Å². The molecule has 1 aliphatic rings. The lowest BCUT2D eigenvalue weighted by molar-refractivity contribution is -0.134. The maximum absolute atomic E-state index is 10.3. The minimum atomic E-state index is -1.21. The fourth-order valence-electron chi connectivity index (χ4n) is 0.962. The summed E-state index contributed by atoms with van der Waals surface area (Å²) in [6.45, 7) is 0.247. The first-order valence-electron chi connectivity index (χ1n) is 3.07. The number of nitrogens with zero attached hydrogens (tertiary/aromatic N) is 1. The van der Waals surface area contributed by atoms with E-state index in [0.29, 0.717) is 6.42 Å². The van der Waals surface area contributed by atoms with E-state index in [0.717, 1.165) is 4.90 Å². The molecule has 0 bridgehead atoms. The first kappa shape index (κ1) is 7.59. The first-order chi connectivity index (χ1) is 5.13. The predicted octanol–water partition coefficient (Wildman–Crippen LogP) is 0.339. The minimum absolute atomic E-state index is 0.141. The van der Waals surface area contributed by atoms with Crippen molar-refractivity contribution in [2.24, 2.45) is 0 Å². The highest BCUT2D eigenvalue weighted by Gasteiger charge is 2.25. The highest BCUT2D eigenvalue weighted by Crippen LogP contribution is 2.14. The molecule has 0 unspecified atom stereocenters. The number of amides is 1. The van der Waals surface area contributed by atoms with Gasteiger partial charge < -0.3 is 10.2 Å². The molecule has 0 saturated heterocycles. The van der Waals surface area contributed by atoms with Gasteiger partial charge in [0.2, 0.25) is 0 Å². The van der Waals surface area contributed by atoms with Gasteiger partial charge in [0.25, 0.3) is 0 Å². The van der Waals surface area contributed by atoms with Gasteiger partial charge >= 0.3 is 12.1 Å². The third kappa shape index (κ3) is 1.31. The van der Waals surface area contributed by atoms with Crippen molar-refractivity contribution in [3.63, 3.8) is 0 Å². The smallest absolute Gasteiger partial charge is 0.412 e. The molecule has 1 heterocycles. The number of rotatable bonds is 1. The lowest BCUT2D eigenvalue weighted by Crippen LogP contribution is -2.29. The van der Waals surface area contributed by atoms with Crippen LogP contribution in [-0.4, -0.2) is 33.7 Å². The van der Waals surface area contributed by atoms with Crippen LogP contribution in [0, 0.1) is 0 Å². The van der Waals surface area contributed by atoms with Crippen LogP contribution in [0.5, 0.6) is 0 Å². The van der Waals surface area contributed by atoms with Crippen molar-refractivity contribution in [1.29, 1.82) is 0 Å². The Balaban J connectivity index is 2.79. The van der Waals surface area contributed by atoms with Crippen LogP contribution in [0.25, 0.3) is 0 Å². The fourth-order valence-corrected chi connectivity index (χ4v) is 0.962. The van der Waals surface area contributed by atoms with Crippen LogP contribution < -0.4 is 0 Å². The molecule has 0 saturated carbocycles. The van der Waals surface area contributed by atoms with E-state index < -0.39 is 12.1 Å². The number of hydrogen-bond acceptors (Lipinski definition) is 2. The zero-order chi connectivity index (χ0) is 8.43. The van der Waals surface area contributed by atoms with E-state index in [1.165, 1.54) is 6.08 Å². The highest BCUT2D eigenvalue weighted by atomic mass is 16.4. The summed E-state index contributed by atoms with van der Waals surface area (Å²) in [7, 11) is 0. The summed E-state index contributed by atoms with van der Waals surface area (Å²) in [4.78, 5) is 21.5. The van der Waals surface area contributed by atoms with E-state index in [1.807, 2.05) is 0 Å². The predicted molar refractivity (Wildman–Crippen MR) is 35.1 cm³/mol. The molecule has 0 spiro atoms. The molecule has 0 fully saturated rings. The van der Waals surface area contributed by atoms with Gasteiger partial charge in [0, 0.05) is 6.54 Å². The Labute approximate surface area is 62.5 Å². The first-order valence-corrected chi connectivity index (χ1v) is 3.07. The van der Waals surface area contributed by atoms with Crippen LogP contribution in [0.2, 0.25) is 0 Å². The van der Waals surface area contributed by atoms with Crippen LogP contribution in [0.4, 0.5) is 4.79 Å². The van der Waals surface area contributed by atoms with E-state index in [4.69, 9.17) is 10.2 Å². The Morgan fingerprint density at radius 1 is 1.45 bits per heavy atom. The van der Waals surface area contributed by atoms with Crippen molar-refractivity contribution in [3.05, 3.63) is 11.8 Å². The average molecular weight is 157 g/mol. The van der Waals surface area contributed by atoms with Crippen molar-refractivity contribution in [1.82, 2.24) is 4.90 Å². The average Bonchev–Trinajstić information content (AvgIpc) is 2.32. The molecule has 1 rings (SSSR count). The summed E-state index contributed by atoms with van der Waals surface area (Å²) in [5.41, 5.74) is -0.141. The summed E-state index contributed by atoms with van der Waals surface area (Å²) in [5.74, 6) is -1.19. The van der Waals surface area contributed by atoms with E-state index in [2.05, 4.69) is 0 Å². The Morgan fingerprint density at radius 3 is 2.45 bits per heavy atom. The molecular formula is C6H7NO4. The molecule has 0 aromatic rings. The molecule has 60 valence electrons. The Hall–Kier alpha value is -1.52. The molecule has 5 heteroatoms. The molecule has 0 atom stereocenters. The number of aliphatic carboxylic acids is 1. The summed E-state index contributed by atoms with van der Waals surface area (Å²) < 4.78 is 0. The Bertz CT molecular complexity index is 233. The van der Waals surface area contributed by atoms with Gasteiger partial charge in [0.05, 0.1) is 0 Å². The standard InChI is InChI=1S/C6H7NO4/c8-5(9)4-2-1-3-7(4)6(10)11/h2H,1,3H2,(H,8,9)(H,10,11). The third-order valence-corrected chi connectivity index (χ3v) is 1.43. The largest absolute Gasteiger partial charge is 0.477 e. The van der Waals surface area contributed by atoms with Crippen molar-refractivity contribution in [3.8, 4) is 0 Å². The second kappa shape index (κ2) is 2.61. The zero-order valence-electron chi connectivity index (χ0n) is 5.65. The maximum Gasteiger partial charge on any atom is 0.412 e. The summed E-state index contributed by atoms with van der Waals surface area (Å²) in [6, 6.07) is 0. The van der Waals surface area contributed by atoms with Gasteiger partial charge in [-0.25, -0.2) is 9.59 Å². The van der Waals surface area contributed by atoms with Crippen molar-refractivity contribution < 1.29 is 19.8 Å². The number of carbonyl (C=O) groups is 2. The van der Waals surface area contributed by atoms with Crippen LogP contribution in [0.15, 0.2) is 11.8 Å². The van der Waals surface area contributed by atoms with Gasteiger partial charge in [-0.2, -0.15) is 0 Å². The molecule has 0 aromatic carbocycles. The Kier molecular flexibility index (Phi) is 1.80. The molecule has 2 N–H and O–H groups in total. The van der Waals surface area contributed by atoms with Gasteiger partial charge in [0.1, 0.15) is 5.70 Å². The quantitative estimate of drug-likeness (QED) is 0.575. The van der Waals surface area contributed by atoms with Gasteiger partial charge in [-0.15, -0.1) is 0 Å².